The van der Waals surface area contributed by atoms with E-state index < -0.39 is 0 Å². The van der Waals surface area contributed by atoms with Crippen molar-refractivity contribution in [3.05, 3.63) is 29.5 Å². The Morgan fingerprint density at radius 1 is 1.11 bits per heavy atom. The molecule has 6 rings (SSSR count). The number of hydrogen-bond acceptors (Lipinski definition) is 4. The summed E-state index contributed by atoms with van der Waals surface area (Å²) in [5, 5.41) is 11.9. The quantitative estimate of drug-likeness (QED) is 0.691. The number of carbonyl (C=O) groups is 1. The van der Waals surface area contributed by atoms with E-state index in [0.717, 1.165) is 74.6 Å². The molecule has 2 aliphatic carbocycles. The van der Waals surface area contributed by atoms with Gasteiger partial charge in [-0.25, -0.2) is 0 Å². The monoisotopic (exact) mass is 479 g/mol. The van der Waals surface area contributed by atoms with E-state index >= 15 is 0 Å². The molecule has 1 saturated heterocycles. The summed E-state index contributed by atoms with van der Waals surface area (Å²) in [4.78, 5) is 18.4. The number of likely N-dealkylation sites (tertiary alicyclic amines) is 1. The lowest BCUT2D eigenvalue weighted by molar-refractivity contribution is -0.144. The number of fused-ring (bicyclic) bond motifs is 4. The third-order valence-corrected chi connectivity index (χ3v) is 9.86. The lowest BCUT2D eigenvalue weighted by Gasteiger charge is -2.51. The molecule has 2 aromatic rings. The summed E-state index contributed by atoms with van der Waals surface area (Å²) in [7, 11) is 3.81. The van der Waals surface area contributed by atoms with E-state index in [1.807, 2.05) is 0 Å². The second-order valence-electron chi connectivity index (χ2n) is 11.7. The number of aliphatic hydroxyl groups excluding tert-OH is 1. The predicted octanol–water partition coefficient (Wildman–Crippen LogP) is 4.39. The van der Waals surface area contributed by atoms with Crippen molar-refractivity contribution >= 4 is 16.8 Å². The molecule has 35 heavy (non-hydrogen) atoms. The molecule has 1 aromatic carbocycles. The summed E-state index contributed by atoms with van der Waals surface area (Å²) in [6.07, 6.45) is 10.8. The van der Waals surface area contributed by atoms with Gasteiger partial charge in [-0.15, -0.1) is 0 Å². The summed E-state index contributed by atoms with van der Waals surface area (Å²) in [6.45, 7) is 4.13. The van der Waals surface area contributed by atoms with E-state index in [1.165, 1.54) is 43.2 Å². The Bertz CT molecular complexity index is 1090. The number of nitrogens with zero attached hydrogens (tertiary/aromatic N) is 3. The largest absolute Gasteiger partial charge is 0.497 e. The van der Waals surface area contributed by atoms with E-state index in [2.05, 4.69) is 39.6 Å². The van der Waals surface area contributed by atoms with Gasteiger partial charge in [0, 0.05) is 48.6 Å². The van der Waals surface area contributed by atoms with Crippen molar-refractivity contribution in [2.24, 2.45) is 18.9 Å². The van der Waals surface area contributed by atoms with Gasteiger partial charge in [-0.2, -0.15) is 0 Å². The summed E-state index contributed by atoms with van der Waals surface area (Å²) >= 11 is 0. The number of methoxy groups -OCH3 is 1. The number of piperidine rings is 1. The highest BCUT2D eigenvalue weighted by Crippen LogP contribution is 2.51. The second kappa shape index (κ2) is 9.11. The van der Waals surface area contributed by atoms with E-state index in [-0.39, 0.29) is 29.9 Å². The number of benzene rings is 1. The summed E-state index contributed by atoms with van der Waals surface area (Å²) in [5.74, 6) is 2.11. The minimum Gasteiger partial charge on any atom is -0.497 e. The van der Waals surface area contributed by atoms with Crippen LogP contribution >= 0.6 is 0 Å². The Balaban J connectivity index is 1.41. The summed E-state index contributed by atoms with van der Waals surface area (Å²) < 4.78 is 7.79. The number of ether oxygens (including phenoxy) is 1. The van der Waals surface area contributed by atoms with Crippen molar-refractivity contribution in [2.45, 2.75) is 69.2 Å². The first kappa shape index (κ1) is 23.4. The molecule has 190 valence electrons. The summed E-state index contributed by atoms with van der Waals surface area (Å²) in [5.41, 5.74) is 3.60. The van der Waals surface area contributed by atoms with Gasteiger partial charge in [-0.3, -0.25) is 4.79 Å². The highest BCUT2D eigenvalue weighted by atomic mass is 16.5. The average Bonchev–Trinajstić information content (AvgIpc) is 3.46. The fourth-order valence-electron chi connectivity index (χ4n) is 7.61. The van der Waals surface area contributed by atoms with Gasteiger partial charge in [0.05, 0.1) is 25.3 Å². The highest BCUT2D eigenvalue weighted by Gasteiger charge is 2.50. The average molecular weight is 480 g/mol. The Morgan fingerprint density at radius 3 is 2.49 bits per heavy atom. The van der Waals surface area contributed by atoms with Gasteiger partial charge in [0.1, 0.15) is 5.75 Å². The maximum Gasteiger partial charge on any atom is 0.226 e. The molecule has 2 saturated carbocycles. The second-order valence-corrected chi connectivity index (χ2v) is 11.7. The molecule has 4 aliphatic rings. The van der Waals surface area contributed by atoms with Crippen molar-refractivity contribution in [1.82, 2.24) is 14.4 Å². The zero-order chi connectivity index (χ0) is 24.2. The maximum absolute atomic E-state index is 13.7. The Kier molecular flexibility index (Phi) is 6.08. The Hall–Kier alpha value is -2.05. The van der Waals surface area contributed by atoms with Gasteiger partial charge in [-0.1, -0.05) is 19.3 Å². The number of amides is 1. The molecular weight excluding hydrogens is 438 g/mol. The lowest BCUT2D eigenvalue weighted by Crippen LogP contribution is -2.57. The van der Waals surface area contributed by atoms with Crippen molar-refractivity contribution in [3.8, 4) is 5.75 Å². The van der Waals surface area contributed by atoms with Crippen LogP contribution in [0.5, 0.6) is 5.75 Å². The van der Waals surface area contributed by atoms with Crippen LogP contribution in [0.25, 0.3) is 10.9 Å². The molecule has 1 aromatic heterocycles. The number of aliphatic hydroxyl groups is 1. The number of aromatic nitrogens is 1. The van der Waals surface area contributed by atoms with Crippen LogP contribution in [0.1, 0.15) is 75.1 Å². The van der Waals surface area contributed by atoms with Crippen LogP contribution in [0.3, 0.4) is 0 Å². The van der Waals surface area contributed by atoms with Crippen molar-refractivity contribution in [3.63, 3.8) is 0 Å². The van der Waals surface area contributed by atoms with Gasteiger partial charge in [0.2, 0.25) is 5.91 Å². The molecule has 6 nitrogen and oxygen atoms in total. The van der Waals surface area contributed by atoms with Crippen molar-refractivity contribution in [2.75, 3.05) is 39.9 Å². The zero-order valence-electron chi connectivity index (χ0n) is 21.5. The minimum absolute atomic E-state index is 0.0311. The fraction of sp³-hybridized carbons (Fsp3) is 0.690. The van der Waals surface area contributed by atoms with E-state index in [0.29, 0.717) is 0 Å². The highest BCUT2D eigenvalue weighted by molar-refractivity contribution is 5.90. The first-order valence-electron chi connectivity index (χ1n) is 13.8. The van der Waals surface area contributed by atoms with Gasteiger partial charge >= 0.3 is 0 Å². The first-order chi connectivity index (χ1) is 17.0. The number of aryl methyl sites for hydroxylation is 1. The Labute approximate surface area is 209 Å². The topological polar surface area (TPSA) is 57.9 Å². The third kappa shape index (κ3) is 3.79. The van der Waals surface area contributed by atoms with Crippen LogP contribution in [-0.4, -0.2) is 65.3 Å². The van der Waals surface area contributed by atoms with Crippen LogP contribution < -0.4 is 4.74 Å². The number of hydrogen-bond donors (Lipinski definition) is 1. The van der Waals surface area contributed by atoms with Crippen LogP contribution in [0, 0.1) is 11.8 Å². The minimum atomic E-state index is -0.274. The van der Waals surface area contributed by atoms with Crippen LogP contribution in [0.2, 0.25) is 0 Å². The van der Waals surface area contributed by atoms with Crippen LogP contribution in [0.15, 0.2) is 18.2 Å². The molecule has 1 atom stereocenters. The molecule has 0 bridgehead atoms. The molecular formula is C29H41N3O3. The van der Waals surface area contributed by atoms with Crippen molar-refractivity contribution in [1.29, 1.82) is 0 Å². The Morgan fingerprint density at radius 2 is 1.86 bits per heavy atom. The molecule has 0 radical (unpaired) electrons. The van der Waals surface area contributed by atoms with Gasteiger partial charge in [0.15, 0.2) is 0 Å². The lowest BCUT2D eigenvalue weighted by atomic mass is 9.67. The molecule has 3 fully saturated rings. The van der Waals surface area contributed by atoms with E-state index in [4.69, 9.17) is 4.74 Å². The molecule has 2 aliphatic heterocycles. The fourth-order valence-corrected chi connectivity index (χ4v) is 7.61. The molecule has 3 heterocycles. The molecule has 1 spiro atoms. The van der Waals surface area contributed by atoms with Gasteiger partial charge in [0.25, 0.3) is 0 Å². The predicted molar refractivity (Wildman–Crippen MR) is 138 cm³/mol. The van der Waals surface area contributed by atoms with Gasteiger partial charge in [-0.05, 0) is 75.2 Å². The number of carbonyl (C=O) groups excluding carboxylic acids is 1. The van der Waals surface area contributed by atoms with E-state index in [9.17, 15) is 9.90 Å². The molecule has 6 heteroatoms. The maximum atomic E-state index is 13.7. The molecule has 0 unspecified atom stereocenters. The smallest absolute Gasteiger partial charge is 0.226 e. The zero-order valence-corrected chi connectivity index (χ0v) is 21.5. The van der Waals surface area contributed by atoms with E-state index in [1.54, 1.807) is 7.11 Å². The molecule has 1 amide bonds. The molecule has 1 N–H and O–H groups in total. The first-order valence-corrected chi connectivity index (χ1v) is 13.8. The van der Waals surface area contributed by atoms with Crippen molar-refractivity contribution < 1.29 is 14.6 Å². The van der Waals surface area contributed by atoms with Crippen LogP contribution in [0.4, 0.5) is 0 Å². The standard InChI is InChI=1S/C29H41N3O3/c1-30-24-16-22(35-2)10-11-23(24)26-27(30)25(18-33)32(28(34)21-8-5-9-21)19-29(26)12-14-31(15-13-29)17-20-6-3-4-7-20/h10-11,16,20-21,25,33H,3-9,12-15,17-19H2,1-2H3/t25-/m0/s1. The van der Waals surface area contributed by atoms with Gasteiger partial charge < -0.3 is 24.2 Å². The van der Waals surface area contributed by atoms with Crippen LogP contribution in [-0.2, 0) is 17.3 Å². The summed E-state index contributed by atoms with van der Waals surface area (Å²) in [6, 6.07) is 6.11. The number of rotatable bonds is 5. The third-order valence-electron chi connectivity index (χ3n) is 9.86. The normalized spacial score (nSPS) is 25.2. The SMILES string of the molecule is COc1ccc2c3c(n(C)c2c1)[C@H](CO)N(C(=O)C1CCC1)CC31CCN(CC2CCCC2)CC1.